The van der Waals surface area contributed by atoms with Crippen molar-refractivity contribution in [3.63, 3.8) is 0 Å². The summed E-state index contributed by atoms with van der Waals surface area (Å²) >= 11 is 1.48. The number of thioether (sulfide) groups is 1. The van der Waals surface area contributed by atoms with Gasteiger partial charge in [0.25, 0.3) is 0 Å². The van der Waals surface area contributed by atoms with Gasteiger partial charge in [0.2, 0.25) is 0 Å². The van der Waals surface area contributed by atoms with Crippen molar-refractivity contribution in [3.05, 3.63) is 17.3 Å². The molecule has 0 amide bonds. The van der Waals surface area contributed by atoms with Crippen molar-refractivity contribution < 1.29 is 14.2 Å². The lowest BCUT2D eigenvalue weighted by Gasteiger charge is -2.41. The highest BCUT2D eigenvalue weighted by Crippen LogP contribution is 2.42. The van der Waals surface area contributed by atoms with Crippen molar-refractivity contribution in [2.24, 2.45) is 22.1 Å². The minimum absolute atomic E-state index is 0.0291. The van der Waals surface area contributed by atoms with Crippen molar-refractivity contribution in [1.29, 1.82) is 0 Å². The van der Waals surface area contributed by atoms with Crippen LogP contribution < -0.4 is 16.4 Å². The lowest BCUT2D eigenvalue weighted by atomic mass is 9.73. The number of fused-ring (bicyclic) bond motifs is 3. The molecular weight excluding hydrogens is 478 g/mol. The van der Waals surface area contributed by atoms with Crippen LogP contribution in [0.15, 0.2) is 27.3 Å². The number of ether oxygens (including phenoxy) is 3. The molecule has 0 bridgehead atoms. The van der Waals surface area contributed by atoms with Gasteiger partial charge in [0, 0.05) is 50.5 Å². The molecule has 10 nitrogen and oxygen atoms in total. The zero-order valence-corrected chi connectivity index (χ0v) is 22.0. The Morgan fingerprint density at radius 2 is 2.11 bits per heavy atom. The van der Waals surface area contributed by atoms with E-state index in [1.165, 1.54) is 11.8 Å². The minimum atomic E-state index is 0.0291. The first-order valence-corrected chi connectivity index (χ1v) is 13.9. The van der Waals surface area contributed by atoms with Crippen LogP contribution in [-0.2, 0) is 14.2 Å². The van der Waals surface area contributed by atoms with Crippen LogP contribution in [0.4, 0.5) is 11.6 Å². The maximum Gasteiger partial charge on any atom is 0.158 e. The first kappa shape index (κ1) is 24.4. The molecule has 196 valence electrons. The fourth-order valence-corrected chi connectivity index (χ4v) is 7.18. The highest BCUT2D eigenvalue weighted by molar-refractivity contribution is 8.03. The predicted molar refractivity (Wildman–Crippen MR) is 140 cm³/mol. The van der Waals surface area contributed by atoms with E-state index in [0.717, 1.165) is 81.8 Å². The van der Waals surface area contributed by atoms with Crippen LogP contribution in [-0.4, -0.2) is 91.6 Å². The van der Waals surface area contributed by atoms with Gasteiger partial charge in [-0.3, -0.25) is 0 Å². The van der Waals surface area contributed by atoms with Gasteiger partial charge in [-0.2, -0.15) is 0 Å². The van der Waals surface area contributed by atoms with E-state index in [1.807, 2.05) is 6.20 Å². The maximum absolute atomic E-state index is 6.47. The van der Waals surface area contributed by atoms with Crippen LogP contribution in [0.1, 0.15) is 32.6 Å². The van der Waals surface area contributed by atoms with Crippen molar-refractivity contribution >= 4 is 29.2 Å². The zero-order valence-electron chi connectivity index (χ0n) is 21.1. The fourth-order valence-electron chi connectivity index (χ4n) is 6.40. The third-order valence-corrected chi connectivity index (χ3v) is 9.56. The number of hydrogen-bond donors (Lipinski definition) is 2. The molecule has 4 fully saturated rings. The first-order chi connectivity index (χ1) is 17.5. The topological polar surface area (TPSA) is 124 Å². The number of amidine groups is 1. The Balaban J connectivity index is 1.11. The van der Waals surface area contributed by atoms with Crippen molar-refractivity contribution in [2.45, 2.75) is 61.9 Å². The molecule has 0 radical (unpaired) electrons. The molecule has 0 saturated carbocycles. The first-order valence-electron chi connectivity index (χ1n) is 13.0. The molecule has 5 aliphatic heterocycles. The summed E-state index contributed by atoms with van der Waals surface area (Å²) in [6.45, 7) is 7.09. The van der Waals surface area contributed by atoms with E-state index < -0.39 is 0 Å². The van der Waals surface area contributed by atoms with Crippen LogP contribution in [0, 0.1) is 11.3 Å². The van der Waals surface area contributed by atoms with Crippen molar-refractivity contribution in [3.8, 4) is 0 Å². The van der Waals surface area contributed by atoms with Crippen molar-refractivity contribution in [2.75, 3.05) is 57.2 Å². The minimum Gasteiger partial charge on any atom is -0.384 e. The fraction of sp³-hybridized carbons (Fsp3) is 0.720. The number of nitrogens with two attached hydrogens (primary N) is 2. The molecule has 1 aromatic rings. The molecule has 5 atom stereocenters. The Morgan fingerprint density at radius 3 is 2.83 bits per heavy atom. The summed E-state index contributed by atoms with van der Waals surface area (Å²) in [5, 5.41) is 1.59. The molecule has 36 heavy (non-hydrogen) atoms. The molecule has 6 rings (SSSR count). The van der Waals surface area contributed by atoms with E-state index >= 15 is 0 Å². The third-order valence-electron chi connectivity index (χ3n) is 8.59. The van der Waals surface area contributed by atoms with Crippen LogP contribution in [0.3, 0.4) is 0 Å². The Kier molecular flexibility index (Phi) is 6.62. The molecule has 0 aliphatic carbocycles. The van der Waals surface area contributed by atoms with E-state index in [-0.39, 0.29) is 23.7 Å². The second kappa shape index (κ2) is 9.75. The summed E-state index contributed by atoms with van der Waals surface area (Å²) in [5.74, 6) is 2.81. The number of rotatable bonds is 5. The standard InChI is InChI=1S/C25H37N7O3S/c1-15-21(26)25(14-35-15)5-7-31(8-6-25)19-10-28-24(22(27)29-19)36-20-4-3-18-23(30-20)32-11-16(12-33-2)9-17(32)13-34-18/h4,10,15-18,21H,3,5-9,11-14,26H2,1-2H3,(H2,27,29)/t15-,16-,17-,18?,21+/m0/s1. The van der Waals surface area contributed by atoms with Crippen LogP contribution in [0.5, 0.6) is 0 Å². The Hall–Kier alpha value is -1.92. The van der Waals surface area contributed by atoms with Gasteiger partial charge in [-0.25, -0.2) is 15.0 Å². The van der Waals surface area contributed by atoms with E-state index in [2.05, 4.69) is 27.8 Å². The number of nitrogens with zero attached hydrogens (tertiary/aromatic N) is 5. The summed E-state index contributed by atoms with van der Waals surface area (Å²) < 4.78 is 17.4. The summed E-state index contributed by atoms with van der Waals surface area (Å²) in [7, 11) is 1.77. The van der Waals surface area contributed by atoms with E-state index in [1.54, 1.807) is 7.11 Å². The molecule has 1 aromatic heterocycles. The Bertz CT molecular complexity index is 1040. The summed E-state index contributed by atoms with van der Waals surface area (Å²) in [6, 6.07) is 0.474. The molecule has 6 heterocycles. The van der Waals surface area contributed by atoms with E-state index in [9.17, 15) is 0 Å². The molecule has 5 aliphatic rings. The molecule has 0 aromatic carbocycles. The highest BCUT2D eigenvalue weighted by atomic mass is 32.2. The average Bonchev–Trinajstić information content (AvgIpc) is 3.43. The van der Waals surface area contributed by atoms with E-state index in [4.69, 9.17) is 35.7 Å². The summed E-state index contributed by atoms with van der Waals surface area (Å²) in [6.07, 6.45) is 7.99. The van der Waals surface area contributed by atoms with Crippen LogP contribution in [0.2, 0.25) is 0 Å². The van der Waals surface area contributed by atoms with Gasteiger partial charge in [0.15, 0.2) is 5.82 Å². The maximum atomic E-state index is 6.47. The molecule has 4 N–H and O–H groups in total. The third kappa shape index (κ3) is 4.38. The van der Waals surface area contributed by atoms with Gasteiger partial charge >= 0.3 is 0 Å². The number of hydrogen-bond acceptors (Lipinski definition) is 11. The van der Waals surface area contributed by atoms with Gasteiger partial charge in [-0.1, -0.05) is 0 Å². The highest BCUT2D eigenvalue weighted by Gasteiger charge is 2.47. The number of aliphatic imine (C=N–C) groups is 1. The Morgan fingerprint density at radius 1 is 1.28 bits per heavy atom. The number of aromatic nitrogens is 2. The normalized spacial score (nSPS) is 33.4. The summed E-state index contributed by atoms with van der Waals surface area (Å²) in [4.78, 5) is 19.1. The molecule has 1 spiro atoms. The van der Waals surface area contributed by atoms with E-state index in [0.29, 0.717) is 22.8 Å². The van der Waals surface area contributed by atoms with Gasteiger partial charge < -0.3 is 35.5 Å². The second-order valence-electron chi connectivity index (χ2n) is 10.8. The molecule has 11 heteroatoms. The Labute approximate surface area is 216 Å². The number of nitrogen functional groups attached to an aromatic ring is 1. The molecule has 1 unspecified atom stereocenters. The molecule has 4 saturated heterocycles. The van der Waals surface area contributed by atoms with Crippen molar-refractivity contribution in [1.82, 2.24) is 14.9 Å². The molecular formula is C25H37N7O3S. The lowest BCUT2D eigenvalue weighted by molar-refractivity contribution is 0.0296. The lowest BCUT2D eigenvalue weighted by Crippen LogP contribution is -2.51. The largest absolute Gasteiger partial charge is 0.384 e. The average molecular weight is 516 g/mol. The second-order valence-corrected chi connectivity index (χ2v) is 11.9. The van der Waals surface area contributed by atoms with Gasteiger partial charge in [-0.05, 0) is 44.0 Å². The van der Waals surface area contributed by atoms with Crippen LogP contribution in [0.25, 0.3) is 0 Å². The monoisotopic (exact) mass is 515 g/mol. The van der Waals surface area contributed by atoms with Gasteiger partial charge in [0.1, 0.15) is 27.8 Å². The van der Waals surface area contributed by atoms with Gasteiger partial charge in [-0.15, -0.1) is 0 Å². The summed E-state index contributed by atoms with van der Waals surface area (Å²) in [5.41, 5.74) is 12.9. The number of anilines is 2. The smallest absolute Gasteiger partial charge is 0.158 e. The van der Waals surface area contributed by atoms with Crippen LogP contribution >= 0.6 is 11.8 Å². The zero-order chi connectivity index (χ0) is 24.9. The number of morpholine rings is 1. The van der Waals surface area contributed by atoms with Gasteiger partial charge in [0.05, 0.1) is 38.2 Å². The SMILES string of the molecule is COC[C@H]1C[C@H]2COC3CC=C(Sc4ncc(N5CCC6(CC5)CO[C@@H](C)[C@H]6N)nc4N)N=C3N2C1. The quantitative estimate of drug-likeness (QED) is 0.600. The predicted octanol–water partition coefficient (Wildman–Crippen LogP) is 1.86. The number of methoxy groups -OCH3 is 1. The number of piperidine rings is 1.